The molecule has 0 aliphatic rings. The number of rotatable bonds is 6. The Morgan fingerprint density at radius 2 is 1.62 bits per heavy atom. The summed E-state index contributed by atoms with van der Waals surface area (Å²) < 4.78 is 6.26. The fraction of sp³-hybridized carbons (Fsp3) is 0.368. The van der Waals surface area contributed by atoms with Crippen molar-refractivity contribution in [2.24, 2.45) is 5.73 Å². The first-order valence-electron chi connectivity index (χ1n) is 7.68. The SMILES string of the molecule is CCC(C)c1ccccc1OC(CN)c1ccccc1C. The largest absolute Gasteiger partial charge is 0.484 e. The zero-order chi connectivity index (χ0) is 15.2. The van der Waals surface area contributed by atoms with Crippen molar-refractivity contribution in [2.75, 3.05) is 6.54 Å². The smallest absolute Gasteiger partial charge is 0.136 e. The molecule has 0 heterocycles. The molecule has 2 aromatic carbocycles. The van der Waals surface area contributed by atoms with Crippen molar-refractivity contribution in [3.05, 3.63) is 65.2 Å². The fourth-order valence-electron chi connectivity index (χ4n) is 2.55. The third kappa shape index (κ3) is 3.64. The molecule has 0 radical (unpaired) electrons. The van der Waals surface area contributed by atoms with Gasteiger partial charge in [0.1, 0.15) is 11.9 Å². The molecular formula is C19H25NO. The van der Waals surface area contributed by atoms with E-state index in [4.69, 9.17) is 10.5 Å². The highest BCUT2D eigenvalue weighted by Crippen LogP contribution is 2.32. The summed E-state index contributed by atoms with van der Waals surface area (Å²) in [5.41, 5.74) is 9.59. The lowest BCUT2D eigenvalue weighted by Crippen LogP contribution is -2.20. The number of aryl methyl sites for hydroxylation is 1. The van der Waals surface area contributed by atoms with Crippen molar-refractivity contribution in [1.82, 2.24) is 0 Å². The quantitative estimate of drug-likeness (QED) is 0.841. The lowest BCUT2D eigenvalue weighted by molar-refractivity contribution is 0.210. The second-order valence-corrected chi connectivity index (χ2v) is 5.55. The van der Waals surface area contributed by atoms with Gasteiger partial charge in [-0.1, -0.05) is 56.3 Å². The van der Waals surface area contributed by atoms with E-state index in [0.29, 0.717) is 12.5 Å². The highest BCUT2D eigenvalue weighted by molar-refractivity contribution is 5.37. The van der Waals surface area contributed by atoms with Gasteiger partial charge in [-0.3, -0.25) is 0 Å². The molecular weight excluding hydrogens is 258 g/mol. The van der Waals surface area contributed by atoms with E-state index < -0.39 is 0 Å². The van der Waals surface area contributed by atoms with E-state index in [0.717, 1.165) is 12.2 Å². The lowest BCUT2D eigenvalue weighted by atomic mass is 9.97. The molecule has 0 aliphatic heterocycles. The van der Waals surface area contributed by atoms with Crippen molar-refractivity contribution in [3.8, 4) is 5.75 Å². The van der Waals surface area contributed by atoms with Crippen LogP contribution in [0, 0.1) is 6.92 Å². The Kier molecular flexibility index (Phi) is 5.40. The molecule has 2 unspecified atom stereocenters. The second kappa shape index (κ2) is 7.28. The zero-order valence-corrected chi connectivity index (χ0v) is 13.2. The van der Waals surface area contributed by atoms with Gasteiger partial charge in [0.25, 0.3) is 0 Å². The number of hydrogen-bond donors (Lipinski definition) is 1. The van der Waals surface area contributed by atoms with E-state index in [9.17, 15) is 0 Å². The summed E-state index contributed by atoms with van der Waals surface area (Å²) in [6.45, 7) is 7.00. The highest BCUT2D eigenvalue weighted by Gasteiger charge is 2.17. The van der Waals surface area contributed by atoms with Gasteiger partial charge in [-0.15, -0.1) is 0 Å². The predicted octanol–water partition coefficient (Wildman–Crippen LogP) is 4.59. The molecule has 21 heavy (non-hydrogen) atoms. The summed E-state index contributed by atoms with van der Waals surface area (Å²) in [6.07, 6.45) is 0.995. The molecule has 112 valence electrons. The fourth-order valence-corrected chi connectivity index (χ4v) is 2.55. The maximum Gasteiger partial charge on any atom is 0.136 e. The van der Waals surface area contributed by atoms with E-state index >= 15 is 0 Å². The molecule has 2 atom stereocenters. The van der Waals surface area contributed by atoms with Gasteiger partial charge in [0.15, 0.2) is 0 Å². The Labute approximate surface area is 127 Å². The van der Waals surface area contributed by atoms with Crippen LogP contribution in [0.25, 0.3) is 0 Å². The molecule has 0 saturated heterocycles. The zero-order valence-electron chi connectivity index (χ0n) is 13.2. The van der Waals surface area contributed by atoms with Crippen LogP contribution < -0.4 is 10.5 Å². The molecule has 2 aromatic rings. The van der Waals surface area contributed by atoms with Crippen molar-refractivity contribution in [2.45, 2.75) is 39.2 Å². The van der Waals surface area contributed by atoms with Crippen molar-refractivity contribution >= 4 is 0 Å². The average Bonchev–Trinajstić information content (AvgIpc) is 2.53. The Hall–Kier alpha value is -1.80. The molecule has 0 spiro atoms. The van der Waals surface area contributed by atoms with Crippen LogP contribution in [0.3, 0.4) is 0 Å². The molecule has 2 nitrogen and oxygen atoms in total. The molecule has 0 bridgehead atoms. The summed E-state index contributed by atoms with van der Waals surface area (Å²) in [7, 11) is 0. The minimum absolute atomic E-state index is 0.101. The van der Waals surface area contributed by atoms with Gasteiger partial charge in [-0.2, -0.15) is 0 Å². The highest BCUT2D eigenvalue weighted by atomic mass is 16.5. The third-order valence-corrected chi connectivity index (χ3v) is 4.08. The molecule has 0 amide bonds. The average molecular weight is 283 g/mol. The molecule has 2 N–H and O–H groups in total. The van der Waals surface area contributed by atoms with Crippen molar-refractivity contribution in [1.29, 1.82) is 0 Å². The summed E-state index contributed by atoms with van der Waals surface area (Å²) in [5, 5.41) is 0. The van der Waals surface area contributed by atoms with Gasteiger partial charge in [0, 0.05) is 6.54 Å². The van der Waals surface area contributed by atoms with Crippen molar-refractivity contribution < 1.29 is 4.74 Å². The Balaban J connectivity index is 2.30. The topological polar surface area (TPSA) is 35.2 Å². The maximum atomic E-state index is 6.26. The van der Waals surface area contributed by atoms with Crippen LogP contribution >= 0.6 is 0 Å². The van der Waals surface area contributed by atoms with Crippen LogP contribution in [0.1, 0.15) is 49.0 Å². The number of para-hydroxylation sites is 1. The summed E-state index contributed by atoms with van der Waals surface area (Å²) in [4.78, 5) is 0. The molecule has 0 fully saturated rings. The standard InChI is InChI=1S/C19H25NO/c1-4-14(2)16-10-7-8-12-18(16)21-19(13-20)17-11-6-5-9-15(17)3/h5-12,14,19H,4,13,20H2,1-3H3. The number of nitrogens with two attached hydrogens (primary N) is 1. The van der Waals surface area contributed by atoms with Crippen LogP contribution in [0.5, 0.6) is 5.75 Å². The molecule has 0 aliphatic carbocycles. The normalized spacial score (nSPS) is 13.7. The van der Waals surface area contributed by atoms with Gasteiger partial charge < -0.3 is 10.5 Å². The molecule has 0 saturated carbocycles. The van der Waals surface area contributed by atoms with Gasteiger partial charge in [-0.05, 0) is 42.0 Å². The summed E-state index contributed by atoms with van der Waals surface area (Å²) >= 11 is 0. The Morgan fingerprint density at radius 3 is 2.24 bits per heavy atom. The predicted molar refractivity (Wildman–Crippen MR) is 88.8 cm³/mol. The van der Waals surface area contributed by atoms with E-state index in [2.05, 4.69) is 45.0 Å². The first-order chi connectivity index (χ1) is 10.2. The summed E-state index contributed by atoms with van der Waals surface area (Å²) in [6, 6.07) is 16.6. The number of ether oxygens (including phenoxy) is 1. The van der Waals surface area contributed by atoms with E-state index in [1.165, 1.54) is 16.7 Å². The van der Waals surface area contributed by atoms with Crippen molar-refractivity contribution in [3.63, 3.8) is 0 Å². The minimum Gasteiger partial charge on any atom is -0.484 e. The molecule has 0 aromatic heterocycles. The Bertz CT molecular complexity index is 579. The minimum atomic E-state index is -0.101. The molecule has 2 rings (SSSR count). The maximum absolute atomic E-state index is 6.26. The first-order valence-corrected chi connectivity index (χ1v) is 7.68. The van der Waals surface area contributed by atoms with Gasteiger partial charge in [0.05, 0.1) is 0 Å². The van der Waals surface area contributed by atoms with E-state index in [1.54, 1.807) is 0 Å². The Morgan fingerprint density at radius 1 is 1.00 bits per heavy atom. The van der Waals surface area contributed by atoms with E-state index in [-0.39, 0.29) is 6.10 Å². The van der Waals surface area contributed by atoms with Crippen LogP contribution in [0.15, 0.2) is 48.5 Å². The van der Waals surface area contributed by atoms with Crippen LogP contribution in [0.4, 0.5) is 0 Å². The number of benzene rings is 2. The lowest BCUT2D eigenvalue weighted by Gasteiger charge is -2.23. The number of hydrogen-bond acceptors (Lipinski definition) is 2. The summed E-state index contributed by atoms with van der Waals surface area (Å²) in [5.74, 6) is 1.43. The van der Waals surface area contributed by atoms with Crippen LogP contribution in [0.2, 0.25) is 0 Å². The third-order valence-electron chi connectivity index (χ3n) is 4.08. The van der Waals surface area contributed by atoms with Crippen LogP contribution in [-0.4, -0.2) is 6.54 Å². The first kappa shape index (κ1) is 15.6. The van der Waals surface area contributed by atoms with E-state index in [1.807, 2.05) is 24.3 Å². The second-order valence-electron chi connectivity index (χ2n) is 5.55. The van der Waals surface area contributed by atoms with Gasteiger partial charge in [-0.25, -0.2) is 0 Å². The van der Waals surface area contributed by atoms with Gasteiger partial charge >= 0.3 is 0 Å². The molecule has 2 heteroatoms. The monoisotopic (exact) mass is 283 g/mol. The van der Waals surface area contributed by atoms with Crippen LogP contribution in [-0.2, 0) is 0 Å². The van der Waals surface area contributed by atoms with Gasteiger partial charge in [0.2, 0.25) is 0 Å².